The Balaban J connectivity index is 1.39. The van der Waals surface area contributed by atoms with Crippen molar-refractivity contribution in [1.82, 2.24) is 15.5 Å². The van der Waals surface area contributed by atoms with Gasteiger partial charge < -0.3 is 25.7 Å². The quantitative estimate of drug-likeness (QED) is 0.291. The predicted molar refractivity (Wildman–Crippen MR) is 169 cm³/mol. The topological polar surface area (TPSA) is 119 Å². The van der Waals surface area contributed by atoms with E-state index in [1.54, 1.807) is 24.0 Å². The lowest BCUT2D eigenvalue weighted by atomic mass is 9.72. The number of benzene rings is 3. The highest BCUT2D eigenvalue weighted by atomic mass is 16.3. The number of carbonyl (C=O) groups excluding carboxylic acids is 3. The fraction of sp³-hybridized carbons (Fsp3) is 0.417. The number of nitrogens with zero attached hydrogens (tertiary/aromatic N) is 1. The summed E-state index contributed by atoms with van der Waals surface area (Å²) in [6.45, 7) is 4.41. The molecule has 3 aromatic rings. The summed E-state index contributed by atoms with van der Waals surface area (Å²) in [6, 6.07) is 20.3. The van der Waals surface area contributed by atoms with Crippen molar-refractivity contribution < 1.29 is 24.6 Å². The van der Waals surface area contributed by atoms with E-state index in [0.717, 1.165) is 42.4 Å². The van der Waals surface area contributed by atoms with Crippen molar-refractivity contribution in [2.75, 3.05) is 6.54 Å². The number of phenols is 1. The summed E-state index contributed by atoms with van der Waals surface area (Å²) < 4.78 is 0. The number of rotatable bonds is 9. The highest BCUT2D eigenvalue weighted by molar-refractivity contribution is 5.97. The summed E-state index contributed by atoms with van der Waals surface area (Å²) in [5, 5.41) is 27.8. The summed E-state index contributed by atoms with van der Waals surface area (Å²) in [5.41, 5.74) is 3.61. The smallest absolute Gasteiger partial charge is 0.254 e. The number of fused-ring (bicyclic) bond motifs is 1. The number of amides is 3. The monoisotopic (exact) mass is 597 g/mol. The van der Waals surface area contributed by atoms with Gasteiger partial charge >= 0.3 is 0 Å². The summed E-state index contributed by atoms with van der Waals surface area (Å²) >= 11 is 0. The number of piperidine rings is 1. The highest BCUT2D eigenvalue weighted by Crippen LogP contribution is 2.39. The fourth-order valence-corrected chi connectivity index (χ4v) is 6.80. The third-order valence-corrected chi connectivity index (χ3v) is 9.50. The van der Waals surface area contributed by atoms with Gasteiger partial charge in [0.1, 0.15) is 11.8 Å². The Labute approximate surface area is 259 Å². The van der Waals surface area contributed by atoms with Gasteiger partial charge in [-0.15, -0.1) is 0 Å². The molecule has 0 bridgehead atoms. The molecular weight excluding hydrogens is 554 g/mol. The molecule has 5 atom stereocenters. The molecule has 232 valence electrons. The van der Waals surface area contributed by atoms with Crippen molar-refractivity contribution in [2.45, 2.75) is 77.1 Å². The Bertz CT molecular complexity index is 1480. The van der Waals surface area contributed by atoms with Gasteiger partial charge in [-0.3, -0.25) is 14.4 Å². The Morgan fingerprint density at radius 1 is 0.909 bits per heavy atom. The van der Waals surface area contributed by atoms with Crippen LogP contribution in [-0.2, 0) is 22.6 Å². The molecule has 2 fully saturated rings. The van der Waals surface area contributed by atoms with E-state index in [1.165, 1.54) is 6.07 Å². The lowest BCUT2D eigenvalue weighted by Gasteiger charge is -2.46. The molecule has 1 aliphatic carbocycles. The van der Waals surface area contributed by atoms with Crippen LogP contribution < -0.4 is 10.6 Å². The molecule has 8 heteroatoms. The Hall–Kier alpha value is -4.17. The van der Waals surface area contributed by atoms with Crippen LogP contribution in [0.3, 0.4) is 0 Å². The second-order valence-corrected chi connectivity index (χ2v) is 12.4. The normalized spacial score (nSPS) is 21.1. The first-order valence-corrected chi connectivity index (χ1v) is 15.7. The lowest BCUT2D eigenvalue weighted by Crippen LogP contribution is -2.61. The summed E-state index contributed by atoms with van der Waals surface area (Å²) in [7, 11) is 0. The molecule has 8 nitrogen and oxygen atoms in total. The van der Waals surface area contributed by atoms with Crippen LogP contribution in [-0.4, -0.2) is 57.6 Å². The van der Waals surface area contributed by atoms with Crippen LogP contribution in [0.25, 0.3) is 0 Å². The van der Waals surface area contributed by atoms with Crippen LogP contribution in [0.2, 0.25) is 0 Å². The van der Waals surface area contributed by atoms with Gasteiger partial charge in [-0.2, -0.15) is 0 Å². The largest absolute Gasteiger partial charge is 0.508 e. The van der Waals surface area contributed by atoms with Crippen molar-refractivity contribution in [3.63, 3.8) is 0 Å². The molecule has 2 aliphatic rings. The average molecular weight is 598 g/mol. The van der Waals surface area contributed by atoms with E-state index in [4.69, 9.17) is 0 Å². The first-order chi connectivity index (χ1) is 21.2. The Kier molecular flexibility index (Phi) is 10.0. The second-order valence-electron chi connectivity index (χ2n) is 12.4. The van der Waals surface area contributed by atoms with E-state index in [0.29, 0.717) is 31.0 Å². The minimum absolute atomic E-state index is 0.0104. The van der Waals surface area contributed by atoms with E-state index >= 15 is 0 Å². The molecule has 0 spiro atoms. The minimum Gasteiger partial charge on any atom is -0.508 e. The second kappa shape index (κ2) is 14.1. The van der Waals surface area contributed by atoms with Gasteiger partial charge in [-0.1, -0.05) is 79.9 Å². The Morgan fingerprint density at radius 2 is 1.61 bits per heavy atom. The molecule has 1 heterocycles. The van der Waals surface area contributed by atoms with Gasteiger partial charge in [0, 0.05) is 24.2 Å². The molecule has 1 saturated carbocycles. The zero-order valence-corrected chi connectivity index (χ0v) is 25.5. The van der Waals surface area contributed by atoms with Gasteiger partial charge in [0.25, 0.3) is 11.8 Å². The number of hydrogen-bond donors (Lipinski definition) is 4. The molecule has 1 aliphatic heterocycles. The van der Waals surface area contributed by atoms with Crippen molar-refractivity contribution in [3.8, 4) is 5.75 Å². The number of aliphatic hydroxyl groups excluding tert-OH is 1. The van der Waals surface area contributed by atoms with Crippen LogP contribution >= 0.6 is 0 Å². The maximum Gasteiger partial charge on any atom is 0.254 e. The molecular formula is C36H43N3O5. The summed E-state index contributed by atoms with van der Waals surface area (Å²) in [4.78, 5) is 42.9. The number of nitrogens with one attached hydrogen (secondary N) is 2. The summed E-state index contributed by atoms with van der Waals surface area (Å²) in [5.74, 6) is -0.658. The van der Waals surface area contributed by atoms with Crippen LogP contribution in [0.5, 0.6) is 5.75 Å². The standard InChI is InChI=1S/C36H43N3O5/c1-23-11-6-7-15-27(23)21-37-35(43)31-20-26-14-8-9-16-28(26)22-39(31)36(44)33(41)30(19-25-12-4-3-5-13-25)38-34(42)29-17-10-18-32(40)24(29)2/h3-7,10-13,15,17-18,26,28,30-31,33,40-41H,8-9,14,16,19-22H2,1-2H3,(H,37,43)(H,38,42)/t26-,28+,30-,31-,33-/m0/s1. The third kappa shape index (κ3) is 7.13. The number of phenolic OH excluding ortho intramolecular Hbond substituents is 1. The zero-order chi connectivity index (χ0) is 31.2. The molecule has 0 radical (unpaired) electrons. The van der Waals surface area contributed by atoms with Gasteiger partial charge in [-0.25, -0.2) is 0 Å². The minimum atomic E-state index is -1.58. The van der Waals surface area contributed by atoms with Crippen molar-refractivity contribution >= 4 is 17.7 Å². The Morgan fingerprint density at radius 3 is 2.36 bits per heavy atom. The number of carbonyl (C=O) groups is 3. The van der Waals surface area contributed by atoms with Gasteiger partial charge in [-0.05, 0) is 73.8 Å². The van der Waals surface area contributed by atoms with Crippen LogP contribution in [0.15, 0.2) is 72.8 Å². The highest BCUT2D eigenvalue weighted by Gasteiger charge is 2.44. The van der Waals surface area contributed by atoms with Crippen LogP contribution in [0, 0.1) is 25.7 Å². The number of hydrogen-bond acceptors (Lipinski definition) is 5. The molecule has 1 saturated heterocycles. The molecule has 3 aromatic carbocycles. The van der Waals surface area contributed by atoms with Crippen molar-refractivity contribution in [1.29, 1.82) is 0 Å². The van der Waals surface area contributed by atoms with Gasteiger partial charge in [0.05, 0.1) is 6.04 Å². The number of likely N-dealkylation sites (tertiary alicyclic amines) is 1. The summed E-state index contributed by atoms with van der Waals surface area (Å²) in [6.07, 6.45) is 3.42. The maximum atomic E-state index is 14.2. The van der Waals surface area contributed by atoms with Gasteiger partial charge in [0.2, 0.25) is 5.91 Å². The van der Waals surface area contributed by atoms with E-state index in [2.05, 4.69) is 10.6 Å². The van der Waals surface area contributed by atoms with E-state index in [1.807, 2.05) is 61.5 Å². The van der Waals surface area contributed by atoms with Crippen molar-refractivity contribution in [2.24, 2.45) is 11.8 Å². The molecule has 0 unspecified atom stereocenters. The van der Waals surface area contributed by atoms with E-state index in [-0.39, 0.29) is 29.6 Å². The van der Waals surface area contributed by atoms with Crippen LogP contribution in [0.1, 0.15) is 64.7 Å². The predicted octanol–water partition coefficient (Wildman–Crippen LogP) is 4.43. The molecule has 0 aromatic heterocycles. The van der Waals surface area contributed by atoms with Crippen molar-refractivity contribution in [3.05, 3.63) is 101 Å². The molecule has 5 rings (SSSR count). The van der Waals surface area contributed by atoms with Gasteiger partial charge in [0.15, 0.2) is 6.10 Å². The first kappa shape index (κ1) is 31.3. The zero-order valence-electron chi connectivity index (χ0n) is 25.5. The van der Waals surface area contributed by atoms with E-state index < -0.39 is 30.0 Å². The molecule has 4 N–H and O–H groups in total. The SMILES string of the molecule is Cc1ccccc1CNC(=O)[C@@H]1C[C@@H]2CCCC[C@@H]2CN1C(=O)[C@@H](O)[C@H](Cc1ccccc1)NC(=O)c1cccc(O)c1C. The number of aliphatic hydroxyl groups is 1. The lowest BCUT2D eigenvalue weighted by molar-refractivity contribution is -0.153. The molecule has 3 amide bonds. The molecule has 44 heavy (non-hydrogen) atoms. The fourth-order valence-electron chi connectivity index (χ4n) is 6.80. The first-order valence-electron chi connectivity index (χ1n) is 15.7. The third-order valence-electron chi connectivity index (χ3n) is 9.50. The average Bonchev–Trinajstić information content (AvgIpc) is 3.04. The number of aryl methyl sites for hydroxylation is 1. The van der Waals surface area contributed by atoms with Crippen LogP contribution in [0.4, 0.5) is 0 Å². The maximum absolute atomic E-state index is 14.2. The number of aromatic hydroxyl groups is 1. The van der Waals surface area contributed by atoms with E-state index in [9.17, 15) is 24.6 Å².